The summed E-state index contributed by atoms with van der Waals surface area (Å²) < 4.78 is 1.24. The number of rotatable bonds is 5. The lowest BCUT2D eigenvalue weighted by atomic mass is 10.2. The second-order valence-corrected chi connectivity index (χ2v) is 5.27. The van der Waals surface area contributed by atoms with Crippen molar-refractivity contribution in [3.05, 3.63) is 27.6 Å². The predicted octanol–water partition coefficient (Wildman–Crippen LogP) is 0.303. The number of fused-ring (bicyclic) bond motifs is 1. The van der Waals surface area contributed by atoms with Gasteiger partial charge in [-0.05, 0) is 7.05 Å². The second-order valence-electron chi connectivity index (χ2n) is 4.45. The summed E-state index contributed by atoms with van der Waals surface area (Å²) >= 11 is 1.29. The molecule has 0 bridgehead atoms. The molecule has 0 aliphatic rings. The molecule has 0 aliphatic heterocycles. The topological polar surface area (TPSA) is 87.8 Å². The molecule has 0 spiro atoms. The van der Waals surface area contributed by atoms with Gasteiger partial charge < -0.3 is 5.11 Å². The van der Waals surface area contributed by atoms with E-state index in [0.29, 0.717) is 23.7 Å². The molecular weight excluding hydrogens is 268 g/mol. The molecule has 102 valence electrons. The van der Waals surface area contributed by atoms with Crippen molar-refractivity contribution in [3.63, 3.8) is 0 Å². The molecule has 1 atom stereocenters. The number of hydrogen-bond acceptors (Lipinski definition) is 6. The van der Waals surface area contributed by atoms with Gasteiger partial charge >= 0.3 is 5.97 Å². The van der Waals surface area contributed by atoms with E-state index in [9.17, 15) is 9.59 Å². The van der Waals surface area contributed by atoms with E-state index in [1.807, 2.05) is 4.90 Å². The quantitative estimate of drug-likeness (QED) is 0.849. The van der Waals surface area contributed by atoms with Gasteiger partial charge in [0.2, 0.25) is 4.96 Å². The highest BCUT2D eigenvalue weighted by atomic mass is 32.1. The third-order valence-corrected chi connectivity index (χ3v) is 3.35. The highest BCUT2D eigenvalue weighted by Gasteiger charge is 2.14. The average Bonchev–Trinajstić information content (AvgIpc) is 2.77. The van der Waals surface area contributed by atoms with E-state index in [2.05, 4.69) is 10.1 Å². The maximum atomic E-state index is 11.7. The first-order valence-electron chi connectivity index (χ1n) is 5.71. The number of aromatic nitrogens is 3. The summed E-state index contributed by atoms with van der Waals surface area (Å²) in [5.41, 5.74) is 1.96. The Balaban J connectivity index is 2.12. The van der Waals surface area contributed by atoms with Gasteiger partial charge in [0.25, 0.3) is 5.56 Å². The van der Waals surface area contributed by atoms with Crippen molar-refractivity contribution in [3.8, 4) is 0 Å². The first-order chi connectivity index (χ1) is 8.97. The molecule has 7 nitrogen and oxygen atoms in total. The van der Waals surface area contributed by atoms with Crippen LogP contribution in [0.5, 0.6) is 0 Å². The smallest absolute Gasteiger partial charge is 0.307 e. The van der Waals surface area contributed by atoms with E-state index < -0.39 is 11.9 Å². The average molecular weight is 282 g/mol. The Morgan fingerprint density at radius 1 is 1.63 bits per heavy atom. The van der Waals surface area contributed by atoms with Crippen LogP contribution in [0.2, 0.25) is 0 Å². The molecule has 2 rings (SSSR count). The van der Waals surface area contributed by atoms with Gasteiger partial charge in [0, 0.05) is 19.2 Å². The van der Waals surface area contributed by atoms with Gasteiger partial charge in [0.15, 0.2) is 0 Å². The van der Waals surface area contributed by atoms with E-state index in [4.69, 9.17) is 5.11 Å². The van der Waals surface area contributed by atoms with E-state index in [-0.39, 0.29) is 5.56 Å². The van der Waals surface area contributed by atoms with E-state index in [0.717, 1.165) is 0 Å². The second kappa shape index (κ2) is 5.45. The minimum absolute atomic E-state index is 0.221. The Kier molecular flexibility index (Phi) is 3.91. The summed E-state index contributed by atoms with van der Waals surface area (Å²) in [5, 5.41) is 12.7. The molecule has 2 aromatic heterocycles. The van der Waals surface area contributed by atoms with Crippen LogP contribution in [0.4, 0.5) is 0 Å². The summed E-state index contributed by atoms with van der Waals surface area (Å²) in [4.78, 5) is 29.2. The first-order valence-corrected chi connectivity index (χ1v) is 6.59. The molecule has 0 aliphatic carbocycles. The Bertz CT molecular complexity index is 651. The molecule has 8 heteroatoms. The third kappa shape index (κ3) is 3.15. The van der Waals surface area contributed by atoms with Crippen molar-refractivity contribution in [1.29, 1.82) is 0 Å². The van der Waals surface area contributed by atoms with Crippen molar-refractivity contribution >= 4 is 22.3 Å². The summed E-state index contributed by atoms with van der Waals surface area (Å²) in [6.07, 6.45) is 0. The fourth-order valence-electron chi connectivity index (χ4n) is 1.77. The molecule has 1 N–H and O–H groups in total. The Hall–Kier alpha value is -1.80. The van der Waals surface area contributed by atoms with Gasteiger partial charge in [-0.25, -0.2) is 4.98 Å². The largest absolute Gasteiger partial charge is 0.481 e. The van der Waals surface area contributed by atoms with E-state index >= 15 is 0 Å². The van der Waals surface area contributed by atoms with Crippen LogP contribution >= 0.6 is 11.3 Å². The van der Waals surface area contributed by atoms with Crippen molar-refractivity contribution < 1.29 is 9.90 Å². The fraction of sp³-hybridized carbons (Fsp3) is 0.455. The zero-order valence-electron chi connectivity index (χ0n) is 10.6. The first kappa shape index (κ1) is 13.6. The Morgan fingerprint density at radius 2 is 2.37 bits per heavy atom. The van der Waals surface area contributed by atoms with E-state index in [1.165, 1.54) is 21.9 Å². The lowest BCUT2D eigenvalue weighted by molar-refractivity contribution is -0.141. The molecule has 0 fully saturated rings. The van der Waals surface area contributed by atoms with Crippen LogP contribution in [-0.2, 0) is 11.3 Å². The molecule has 2 heterocycles. The SMILES string of the molecule is CC(CN(C)Cc1cc(=O)n2ncsc2n1)C(=O)O. The monoisotopic (exact) mass is 282 g/mol. The van der Waals surface area contributed by atoms with Crippen LogP contribution in [0.3, 0.4) is 0 Å². The fourth-order valence-corrected chi connectivity index (χ4v) is 2.41. The number of carboxylic acid groups (broad SMARTS) is 1. The Morgan fingerprint density at radius 3 is 3.05 bits per heavy atom. The van der Waals surface area contributed by atoms with Gasteiger partial charge in [-0.1, -0.05) is 18.3 Å². The maximum Gasteiger partial charge on any atom is 0.307 e. The number of carboxylic acids is 1. The van der Waals surface area contributed by atoms with Gasteiger partial charge in [-0.2, -0.15) is 9.61 Å². The molecule has 0 radical (unpaired) electrons. The predicted molar refractivity (Wildman–Crippen MR) is 70.3 cm³/mol. The normalized spacial score (nSPS) is 13.0. The summed E-state index contributed by atoms with van der Waals surface area (Å²) in [7, 11) is 1.80. The van der Waals surface area contributed by atoms with Crippen molar-refractivity contribution in [1.82, 2.24) is 19.5 Å². The highest BCUT2D eigenvalue weighted by Crippen LogP contribution is 2.07. The van der Waals surface area contributed by atoms with Crippen molar-refractivity contribution in [2.24, 2.45) is 5.92 Å². The highest BCUT2D eigenvalue weighted by molar-refractivity contribution is 7.14. The molecule has 19 heavy (non-hydrogen) atoms. The van der Waals surface area contributed by atoms with Crippen LogP contribution in [0, 0.1) is 5.92 Å². The van der Waals surface area contributed by atoms with Crippen molar-refractivity contribution in [2.75, 3.05) is 13.6 Å². The van der Waals surface area contributed by atoms with Crippen LogP contribution in [0.25, 0.3) is 4.96 Å². The number of aliphatic carboxylic acids is 1. The Labute approximate surface area is 113 Å². The van der Waals surface area contributed by atoms with Crippen molar-refractivity contribution in [2.45, 2.75) is 13.5 Å². The molecule has 2 aromatic rings. The standard InChI is InChI=1S/C11H14N4O3S/c1-7(10(17)18)4-14(2)5-8-3-9(16)15-11(13-8)19-6-12-15/h3,6-7H,4-5H2,1-2H3,(H,17,18). The van der Waals surface area contributed by atoms with Gasteiger partial charge in [0.05, 0.1) is 11.6 Å². The van der Waals surface area contributed by atoms with E-state index in [1.54, 1.807) is 19.5 Å². The van der Waals surface area contributed by atoms with Crippen LogP contribution in [0.15, 0.2) is 16.4 Å². The molecule has 0 saturated carbocycles. The molecule has 1 unspecified atom stereocenters. The summed E-state index contributed by atoms with van der Waals surface area (Å²) in [6.45, 7) is 2.48. The minimum Gasteiger partial charge on any atom is -0.481 e. The number of hydrogen-bond donors (Lipinski definition) is 1. The molecule has 0 saturated heterocycles. The lowest BCUT2D eigenvalue weighted by Crippen LogP contribution is -2.29. The molecule has 0 amide bonds. The van der Waals surface area contributed by atoms with Crippen LogP contribution in [-0.4, -0.2) is 44.2 Å². The minimum atomic E-state index is -0.835. The van der Waals surface area contributed by atoms with Crippen LogP contribution in [0.1, 0.15) is 12.6 Å². The lowest BCUT2D eigenvalue weighted by Gasteiger charge is -2.18. The zero-order chi connectivity index (χ0) is 14.0. The zero-order valence-corrected chi connectivity index (χ0v) is 11.4. The summed E-state index contributed by atoms with van der Waals surface area (Å²) in [6, 6.07) is 1.43. The van der Waals surface area contributed by atoms with Gasteiger partial charge in [0.1, 0.15) is 5.51 Å². The maximum absolute atomic E-state index is 11.7. The number of nitrogens with zero attached hydrogens (tertiary/aromatic N) is 4. The van der Waals surface area contributed by atoms with Gasteiger partial charge in [-0.15, -0.1) is 0 Å². The third-order valence-electron chi connectivity index (χ3n) is 2.68. The summed E-state index contributed by atoms with van der Waals surface area (Å²) in [5.74, 6) is -1.30. The molecular formula is C11H14N4O3S. The number of carbonyl (C=O) groups is 1. The molecule has 0 aromatic carbocycles. The van der Waals surface area contributed by atoms with Crippen LogP contribution < -0.4 is 5.56 Å². The van der Waals surface area contributed by atoms with Gasteiger partial charge in [-0.3, -0.25) is 14.5 Å².